The molecule has 0 aliphatic rings. The number of rotatable bonds is 8. The summed E-state index contributed by atoms with van der Waals surface area (Å²) in [4.78, 5) is 29.8. The van der Waals surface area contributed by atoms with Gasteiger partial charge >= 0.3 is 0 Å². The van der Waals surface area contributed by atoms with Gasteiger partial charge < -0.3 is 5.32 Å². The van der Waals surface area contributed by atoms with Crippen LogP contribution in [0.3, 0.4) is 0 Å². The highest BCUT2D eigenvalue weighted by Crippen LogP contribution is 2.20. The fraction of sp³-hybridized carbons (Fsp3) is 0.190. The molecule has 0 saturated carbocycles. The summed E-state index contributed by atoms with van der Waals surface area (Å²) in [5, 5.41) is 3.65. The number of fused-ring (bicyclic) bond motifs is 1. The molecule has 1 aromatic heterocycles. The van der Waals surface area contributed by atoms with Crippen LogP contribution in [-0.2, 0) is 21.4 Å². The second kappa shape index (κ2) is 9.46. The van der Waals surface area contributed by atoms with Crippen molar-refractivity contribution in [2.24, 2.45) is 0 Å². The largest absolute Gasteiger partial charge is 0.325 e. The predicted molar refractivity (Wildman–Crippen MR) is 123 cm³/mol. The van der Waals surface area contributed by atoms with Gasteiger partial charge in [-0.3, -0.25) is 14.2 Å². The molecule has 1 heterocycles. The molecule has 3 aromatic rings. The highest BCUT2D eigenvalue weighted by Gasteiger charge is 2.17. The number of thioether (sulfide) groups is 1. The molecule has 8 nitrogen and oxygen atoms in total. The Balaban J connectivity index is 1.74. The molecule has 0 bridgehead atoms. The molecule has 0 atom stereocenters. The molecule has 0 spiro atoms. The second-order valence-electron chi connectivity index (χ2n) is 6.76. The van der Waals surface area contributed by atoms with E-state index >= 15 is 0 Å². The third-order valence-corrected chi connectivity index (χ3v) is 7.19. The number of carbonyl (C=O) groups excluding carboxylic acids is 1. The lowest BCUT2D eigenvalue weighted by Gasteiger charge is -2.12. The number of allylic oxidation sites excluding steroid dienone is 1. The molecule has 10 heteroatoms. The number of hydrogen-bond donors (Lipinski definition) is 1. The SMILES string of the molecule is C=CCn1c(SCC(=O)Nc2ccc(S(=O)(=O)N(C)C)cc2)nc2ccccc2c1=O. The van der Waals surface area contributed by atoms with Gasteiger partial charge in [-0.2, -0.15) is 0 Å². The smallest absolute Gasteiger partial charge is 0.262 e. The Morgan fingerprint density at radius 2 is 1.87 bits per heavy atom. The Hall–Kier alpha value is -2.95. The van der Waals surface area contributed by atoms with Crippen molar-refractivity contribution < 1.29 is 13.2 Å². The lowest BCUT2D eigenvalue weighted by atomic mass is 10.2. The summed E-state index contributed by atoms with van der Waals surface area (Å²) >= 11 is 1.14. The first kappa shape index (κ1) is 22.7. The van der Waals surface area contributed by atoms with Crippen LogP contribution in [-0.4, -0.2) is 48.0 Å². The van der Waals surface area contributed by atoms with Gasteiger partial charge in [0, 0.05) is 26.3 Å². The van der Waals surface area contributed by atoms with Crippen LogP contribution in [0.2, 0.25) is 0 Å². The number of aromatic nitrogens is 2. The molecule has 0 saturated heterocycles. The molecule has 2 aromatic carbocycles. The number of anilines is 1. The molecule has 0 fully saturated rings. The average Bonchev–Trinajstić information content (AvgIpc) is 2.75. The lowest BCUT2D eigenvalue weighted by Crippen LogP contribution is -2.24. The highest BCUT2D eigenvalue weighted by molar-refractivity contribution is 7.99. The highest BCUT2D eigenvalue weighted by atomic mass is 32.2. The maximum absolute atomic E-state index is 12.7. The van der Waals surface area contributed by atoms with Gasteiger partial charge in [0.1, 0.15) is 0 Å². The Labute approximate surface area is 184 Å². The van der Waals surface area contributed by atoms with Crippen LogP contribution < -0.4 is 10.9 Å². The first-order valence-electron chi connectivity index (χ1n) is 9.29. The normalized spacial score (nSPS) is 11.6. The first-order valence-corrected chi connectivity index (χ1v) is 11.7. The van der Waals surface area contributed by atoms with Crippen LogP contribution in [0, 0.1) is 0 Å². The van der Waals surface area contributed by atoms with Gasteiger partial charge in [-0.15, -0.1) is 6.58 Å². The summed E-state index contributed by atoms with van der Waals surface area (Å²) in [6.07, 6.45) is 1.60. The zero-order chi connectivity index (χ0) is 22.6. The molecule has 31 heavy (non-hydrogen) atoms. The fourth-order valence-corrected chi connectivity index (χ4v) is 4.51. The molecule has 162 valence electrons. The van der Waals surface area contributed by atoms with E-state index < -0.39 is 10.0 Å². The first-order chi connectivity index (χ1) is 14.7. The Morgan fingerprint density at radius 1 is 1.19 bits per heavy atom. The topological polar surface area (TPSA) is 101 Å². The van der Waals surface area contributed by atoms with Crippen LogP contribution in [0.5, 0.6) is 0 Å². The standard InChI is InChI=1S/C21H22N4O4S2/c1-4-13-25-20(27)17-7-5-6-8-18(17)23-21(25)30-14-19(26)22-15-9-11-16(12-10-15)31(28,29)24(2)3/h4-12H,1,13-14H2,2-3H3,(H,22,26). The predicted octanol–water partition coefficient (Wildman–Crippen LogP) is 2.56. The maximum atomic E-state index is 12.7. The van der Waals surface area contributed by atoms with Gasteiger partial charge in [-0.25, -0.2) is 17.7 Å². The number of nitrogens with one attached hydrogen (secondary N) is 1. The Bertz CT molecular complexity index is 1280. The van der Waals surface area contributed by atoms with Crippen LogP contribution >= 0.6 is 11.8 Å². The van der Waals surface area contributed by atoms with Crippen molar-refractivity contribution in [2.75, 3.05) is 25.2 Å². The van der Waals surface area contributed by atoms with Crippen molar-refractivity contribution in [3.8, 4) is 0 Å². The van der Waals surface area contributed by atoms with E-state index in [0.717, 1.165) is 16.1 Å². The Kier molecular flexibility index (Phi) is 6.94. The number of benzene rings is 2. The number of sulfonamides is 1. The molecule has 1 amide bonds. The molecular formula is C21H22N4O4S2. The van der Waals surface area contributed by atoms with Gasteiger partial charge in [0.25, 0.3) is 5.56 Å². The van der Waals surface area contributed by atoms with Crippen molar-refractivity contribution >= 4 is 44.3 Å². The van der Waals surface area contributed by atoms with Crippen molar-refractivity contribution in [3.63, 3.8) is 0 Å². The Morgan fingerprint density at radius 3 is 2.52 bits per heavy atom. The van der Waals surface area contributed by atoms with Gasteiger partial charge in [-0.05, 0) is 36.4 Å². The second-order valence-corrected chi connectivity index (χ2v) is 9.86. The van der Waals surface area contributed by atoms with Crippen LogP contribution in [0.4, 0.5) is 5.69 Å². The summed E-state index contributed by atoms with van der Waals surface area (Å²) < 4.78 is 26.9. The van der Waals surface area contributed by atoms with E-state index in [1.54, 1.807) is 30.3 Å². The van der Waals surface area contributed by atoms with Crippen LogP contribution in [0.1, 0.15) is 0 Å². The zero-order valence-corrected chi connectivity index (χ0v) is 18.7. The molecule has 3 rings (SSSR count). The van der Waals surface area contributed by atoms with E-state index in [2.05, 4.69) is 16.9 Å². The molecule has 0 unspecified atom stereocenters. The third kappa shape index (κ3) is 5.04. The van der Waals surface area contributed by atoms with E-state index in [0.29, 0.717) is 21.7 Å². The fourth-order valence-electron chi connectivity index (χ4n) is 2.80. The molecule has 0 aliphatic heterocycles. The van der Waals surface area contributed by atoms with Gasteiger partial charge in [0.15, 0.2) is 5.16 Å². The minimum absolute atomic E-state index is 0.0275. The van der Waals surface area contributed by atoms with Crippen LogP contribution in [0.15, 0.2) is 76.0 Å². The van der Waals surface area contributed by atoms with E-state index in [-0.39, 0.29) is 28.7 Å². The van der Waals surface area contributed by atoms with Crippen molar-refractivity contribution in [1.29, 1.82) is 0 Å². The van der Waals surface area contributed by atoms with Crippen molar-refractivity contribution in [3.05, 3.63) is 71.5 Å². The lowest BCUT2D eigenvalue weighted by molar-refractivity contribution is -0.113. The number of carbonyl (C=O) groups is 1. The van der Waals surface area contributed by atoms with E-state index in [9.17, 15) is 18.0 Å². The summed E-state index contributed by atoms with van der Waals surface area (Å²) in [6.45, 7) is 3.96. The van der Waals surface area contributed by atoms with Crippen molar-refractivity contribution in [1.82, 2.24) is 13.9 Å². The maximum Gasteiger partial charge on any atom is 0.262 e. The van der Waals surface area contributed by atoms with Crippen molar-refractivity contribution in [2.45, 2.75) is 16.6 Å². The van der Waals surface area contributed by atoms with Gasteiger partial charge in [0.2, 0.25) is 15.9 Å². The minimum atomic E-state index is -3.53. The third-order valence-electron chi connectivity index (χ3n) is 4.39. The number of amides is 1. The van der Waals surface area contributed by atoms with E-state index in [1.165, 1.54) is 42.9 Å². The molecule has 1 N–H and O–H groups in total. The number of hydrogen-bond acceptors (Lipinski definition) is 6. The molecule has 0 aliphatic carbocycles. The minimum Gasteiger partial charge on any atom is -0.325 e. The quantitative estimate of drug-likeness (QED) is 0.316. The van der Waals surface area contributed by atoms with Gasteiger partial charge in [-0.1, -0.05) is 30.0 Å². The van der Waals surface area contributed by atoms with Crippen LogP contribution in [0.25, 0.3) is 10.9 Å². The summed E-state index contributed by atoms with van der Waals surface area (Å²) in [6, 6.07) is 13.0. The zero-order valence-electron chi connectivity index (χ0n) is 17.1. The van der Waals surface area contributed by atoms with E-state index in [4.69, 9.17) is 0 Å². The monoisotopic (exact) mass is 458 g/mol. The van der Waals surface area contributed by atoms with Gasteiger partial charge in [0.05, 0.1) is 21.6 Å². The summed E-state index contributed by atoms with van der Waals surface area (Å²) in [5.74, 6) is -0.277. The van der Waals surface area contributed by atoms with E-state index in [1.807, 2.05) is 0 Å². The molecular weight excluding hydrogens is 436 g/mol. The molecule has 0 radical (unpaired) electrons. The number of para-hydroxylation sites is 1. The average molecular weight is 459 g/mol. The number of nitrogens with zero attached hydrogens (tertiary/aromatic N) is 3. The summed E-state index contributed by atoms with van der Waals surface area (Å²) in [7, 11) is -0.626. The summed E-state index contributed by atoms with van der Waals surface area (Å²) in [5.41, 5.74) is 0.845.